The number of aromatic amines is 1. The van der Waals surface area contributed by atoms with Gasteiger partial charge in [-0.15, -0.1) is 0 Å². The van der Waals surface area contributed by atoms with E-state index in [1.165, 1.54) is 35.2 Å². The van der Waals surface area contributed by atoms with Crippen LogP contribution < -0.4 is 10.3 Å². The van der Waals surface area contributed by atoms with Gasteiger partial charge in [-0.05, 0) is 42.4 Å². The fourth-order valence-electron chi connectivity index (χ4n) is 3.30. The van der Waals surface area contributed by atoms with Gasteiger partial charge in [0.05, 0.1) is 0 Å². The number of aromatic nitrogens is 1. The van der Waals surface area contributed by atoms with E-state index in [1.807, 2.05) is 18.2 Å². The lowest BCUT2D eigenvalue weighted by Gasteiger charge is -2.19. The highest BCUT2D eigenvalue weighted by molar-refractivity contribution is 5.56. The van der Waals surface area contributed by atoms with Gasteiger partial charge in [0.25, 0.3) is 5.82 Å². The molecule has 0 amide bonds. The number of fused-ring (bicyclic) bond motifs is 1. The van der Waals surface area contributed by atoms with Crippen LogP contribution in [0, 0.1) is 11.3 Å². The molecule has 0 saturated heterocycles. The molecule has 0 atom stereocenters. The van der Waals surface area contributed by atoms with Gasteiger partial charge in [-0.1, -0.05) is 37.3 Å². The minimum absolute atomic E-state index is 0.730. The van der Waals surface area contributed by atoms with Crippen LogP contribution in [-0.2, 0) is 25.8 Å². The van der Waals surface area contributed by atoms with Crippen molar-refractivity contribution in [1.82, 2.24) is 0 Å². The first-order valence-electron chi connectivity index (χ1n) is 8.11. The number of hydrogen-bond acceptors (Lipinski definition) is 2. The van der Waals surface area contributed by atoms with Gasteiger partial charge in [-0.2, -0.15) is 5.26 Å². The van der Waals surface area contributed by atoms with Crippen LogP contribution in [-0.4, -0.2) is 0 Å². The topological polar surface area (TPSA) is 50.0 Å². The molecule has 0 bridgehead atoms. The van der Waals surface area contributed by atoms with Gasteiger partial charge >= 0.3 is 0 Å². The standard InChI is InChI=1S/C19H21N3/c1-2-18-16-11-7-6-10-15(16)17(12-20)19(22-18)21-13-14-8-4-3-5-9-14/h3-5,8-9H,2,6-7,10-11,13H2,1H3,(H,21,22)/p+1. The zero-order valence-electron chi connectivity index (χ0n) is 13.1. The fraction of sp³-hybridized carbons (Fsp3) is 0.368. The number of H-pyrrole nitrogens is 1. The lowest BCUT2D eigenvalue weighted by molar-refractivity contribution is -0.374. The molecule has 0 radical (unpaired) electrons. The maximum Gasteiger partial charge on any atom is 0.291 e. The van der Waals surface area contributed by atoms with Crippen LogP contribution in [0.25, 0.3) is 0 Å². The minimum atomic E-state index is 0.730. The molecule has 2 aromatic rings. The van der Waals surface area contributed by atoms with E-state index in [2.05, 4.69) is 35.4 Å². The van der Waals surface area contributed by atoms with Crippen molar-refractivity contribution in [3.05, 3.63) is 58.3 Å². The summed E-state index contributed by atoms with van der Waals surface area (Å²) in [7, 11) is 0. The molecule has 3 rings (SSSR count). The molecule has 3 nitrogen and oxygen atoms in total. The van der Waals surface area contributed by atoms with E-state index in [-0.39, 0.29) is 0 Å². The predicted octanol–water partition coefficient (Wildman–Crippen LogP) is 3.43. The van der Waals surface area contributed by atoms with Gasteiger partial charge in [0.2, 0.25) is 0 Å². The number of rotatable bonds is 4. The van der Waals surface area contributed by atoms with Crippen LogP contribution in [0.1, 0.15) is 47.7 Å². The Labute approximate surface area is 132 Å². The summed E-state index contributed by atoms with van der Waals surface area (Å²) in [5.74, 6) is 0.879. The van der Waals surface area contributed by atoms with Crippen LogP contribution in [0.15, 0.2) is 30.3 Å². The number of aryl methyl sites for hydroxylation is 1. The van der Waals surface area contributed by atoms with E-state index in [4.69, 9.17) is 0 Å². The molecule has 0 fully saturated rings. The molecule has 22 heavy (non-hydrogen) atoms. The lowest BCUT2D eigenvalue weighted by atomic mass is 9.87. The normalized spacial score (nSPS) is 13.3. The summed E-state index contributed by atoms with van der Waals surface area (Å²) in [4.78, 5) is 3.48. The smallest absolute Gasteiger partial charge is 0.269 e. The Morgan fingerprint density at radius 3 is 2.55 bits per heavy atom. The Kier molecular flexibility index (Phi) is 4.39. The van der Waals surface area contributed by atoms with Crippen LogP contribution in [0.2, 0.25) is 0 Å². The zero-order valence-corrected chi connectivity index (χ0v) is 13.1. The fourth-order valence-corrected chi connectivity index (χ4v) is 3.30. The quantitative estimate of drug-likeness (QED) is 0.938. The third-order valence-electron chi connectivity index (χ3n) is 4.44. The maximum absolute atomic E-state index is 9.63. The summed E-state index contributed by atoms with van der Waals surface area (Å²) >= 11 is 0. The highest BCUT2D eigenvalue weighted by Crippen LogP contribution is 2.28. The van der Waals surface area contributed by atoms with E-state index < -0.39 is 0 Å². The molecular formula is C19H22N3+. The van der Waals surface area contributed by atoms with E-state index >= 15 is 0 Å². The van der Waals surface area contributed by atoms with Crippen molar-refractivity contribution in [2.24, 2.45) is 0 Å². The van der Waals surface area contributed by atoms with E-state index in [9.17, 15) is 5.26 Å². The Morgan fingerprint density at radius 2 is 1.86 bits per heavy atom. The number of hydrogen-bond donors (Lipinski definition) is 1. The molecule has 1 aliphatic carbocycles. The molecule has 1 aromatic carbocycles. The summed E-state index contributed by atoms with van der Waals surface area (Å²) < 4.78 is 0. The largest absolute Gasteiger partial charge is 0.291 e. The highest BCUT2D eigenvalue weighted by atomic mass is 15.0. The van der Waals surface area contributed by atoms with E-state index in [0.717, 1.165) is 37.2 Å². The Bertz CT molecular complexity index is 699. The number of nitrogens with one attached hydrogen (secondary N) is 2. The first kappa shape index (κ1) is 14.6. The average molecular weight is 292 g/mol. The second-order valence-corrected chi connectivity index (χ2v) is 5.82. The SMILES string of the molecule is CCc1[nH+]c(NCc2ccccc2)c(C#N)c2c1CCCC2. The second-order valence-electron chi connectivity index (χ2n) is 5.82. The minimum Gasteiger partial charge on any atom is -0.269 e. The van der Waals surface area contributed by atoms with E-state index in [1.54, 1.807) is 0 Å². The van der Waals surface area contributed by atoms with Crippen molar-refractivity contribution in [2.75, 3.05) is 5.32 Å². The van der Waals surface area contributed by atoms with Gasteiger partial charge < -0.3 is 0 Å². The number of nitriles is 1. The first-order chi connectivity index (χ1) is 10.8. The molecule has 1 heterocycles. The van der Waals surface area contributed by atoms with Crippen molar-refractivity contribution >= 4 is 5.82 Å². The van der Waals surface area contributed by atoms with Crippen molar-refractivity contribution in [1.29, 1.82) is 5.26 Å². The average Bonchev–Trinajstić information content (AvgIpc) is 2.59. The molecule has 0 spiro atoms. The summed E-state index contributed by atoms with van der Waals surface area (Å²) in [5.41, 5.74) is 5.96. The number of pyridine rings is 1. The van der Waals surface area contributed by atoms with Crippen molar-refractivity contribution < 1.29 is 4.98 Å². The highest BCUT2D eigenvalue weighted by Gasteiger charge is 2.24. The summed E-state index contributed by atoms with van der Waals surface area (Å²) in [6.45, 7) is 2.90. The maximum atomic E-state index is 9.63. The van der Waals surface area contributed by atoms with Gasteiger partial charge in [-0.25, -0.2) is 4.98 Å². The number of benzene rings is 1. The van der Waals surface area contributed by atoms with Gasteiger partial charge in [0.1, 0.15) is 23.9 Å². The first-order valence-corrected chi connectivity index (χ1v) is 8.11. The van der Waals surface area contributed by atoms with E-state index in [0.29, 0.717) is 0 Å². The molecule has 1 aromatic heterocycles. The molecule has 0 unspecified atom stereocenters. The monoisotopic (exact) mass is 292 g/mol. The summed E-state index contributed by atoms with van der Waals surface area (Å²) in [6, 6.07) is 12.7. The molecule has 2 N–H and O–H groups in total. The van der Waals surface area contributed by atoms with Crippen LogP contribution in [0.4, 0.5) is 5.82 Å². The second kappa shape index (κ2) is 6.62. The van der Waals surface area contributed by atoms with Crippen LogP contribution >= 0.6 is 0 Å². The number of nitrogens with zero attached hydrogens (tertiary/aromatic N) is 1. The van der Waals surface area contributed by atoms with Gasteiger partial charge in [0.15, 0.2) is 0 Å². The third kappa shape index (κ3) is 2.82. The molecule has 3 heteroatoms. The zero-order chi connectivity index (χ0) is 15.4. The van der Waals surface area contributed by atoms with Crippen molar-refractivity contribution in [2.45, 2.75) is 45.6 Å². The Morgan fingerprint density at radius 1 is 1.14 bits per heavy atom. The molecular weight excluding hydrogens is 270 g/mol. The summed E-state index contributed by atoms with van der Waals surface area (Å²) in [6.07, 6.45) is 5.53. The molecule has 0 saturated carbocycles. The Balaban J connectivity index is 1.95. The van der Waals surface area contributed by atoms with Crippen LogP contribution in [0.5, 0.6) is 0 Å². The van der Waals surface area contributed by atoms with Crippen LogP contribution in [0.3, 0.4) is 0 Å². The third-order valence-corrected chi connectivity index (χ3v) is 4.44. The molecule has 112 valence electrons. The Hall–Kier alpha value is -2.34. The lowest BCUT2D eigenvalue weighted by Crippen LogP contribution is -2.25. The summed E-state index contributed by atoms with van der Waals surface area (Å²) in [5, 5.41) is 13.1. The molecule has 1 aliphatic rings. The van der Waals surface area contributed by atoms with Crippen molar-refractivity contribution in [3.63, 3.8) is 0 Å². The van der Waals surface area contributed by atoms with Gasteiger partial charge in [-0.3, -0.25) is 5.32 Å². The van der Waals surface area contributed by atoms with Gasteiger partial charge in [0, 0.05) is 6.42 Å². The number of anilines is 1. The molecule has 0 aliphatic heterocycles. The predicted molar refractivity (Wildman–Crippen MR) is 87.5 cm³/mol. The van der Waals surface area contributed by atoms with Crippen molar-refractivity contribution in [3.8, 4) is 6.07 Å².